The third kappa shape index (κ3) is 4.65. The van der Waals surface area contributed by atoms with Crippen LogP contribution in [0.2, 0.25) is 5.15 Å². The number of nitrogens with zero attached hydrogens (tertiary/aromatic N) is 3. The van der Waals surface area contributed by atoms with Crippen molar-refractivity contribution in [3.63, 3.8) is 0 Å². The highest BCUT2D eigenvalue weighted by Gasteiger charge is 2.20. The van der Waals surface area contributed by atoms with E-state index in [-0.39, 0.29) is 5.82 Å². The number of hydrogen-bond donors (Lipinski definition) is 1. The third-order valence-electron chi connectivity index (χ3n) is 4.51. The first kappa shape index (κ1) is 17.1. The third-order valence-corrected chi connectivity index (χ3v) is 4.71. The van der Waals surface area contributed by atoms with E-state index < -0.39 is 0 Å². The summed E-state index contributed by atoms with van der Waals surface area (Å²) in [6.07, 6.45) is 2.20. The number of aryl methyl sites for hydroxylation is 1. The highest BCUT2D eigenvalue weighted by molar-refractivity contribution is 6.29. The summed E-state index contributed by atoms with van der Waals surface area (Å²) in [6.45, 7) is 5.55. The molecule has 0 amide bonds. The Balaban J connectivity index is 1.45. The average Bonchev–Trinajstić information content (AvgIpc) is 2.59. The molecule has 0 radical (unpaired) electrons. The van der Waals surface area contributed by atoms with Crippen LogP contribution in [0.4, 0.5) is 10.2 Å². The van der Waals surface area contributed by atoms with Gasteiger partial charge in [0.05, 0.1) is 0 Å². The van der Waals surface area contributed by atoms with Crippen molar-refractivity contribution in [2.24, 2.45) is 5.92 Å². The van der Waals surface area contributed by atoms with Crippen molar-refractivity contribution in [1.82, 2.24) is 15.1 Å². The predicted molar refractivity (Wildman–Crippen MR) is 94.7 cm³/mol. The van der Waals surface area contributed by atoms with Crippen molar-refractivity contribution in [3.8, 4) is 0 Å². The average molecular weight is 349 g/mol. The molecule has 1 aliphatic heterocycles. The van der Waals surface area contributed by atoms with E-state index in [0.717, 1.165) is 49.4 Å². The molecule has 0 bridgehead atoms. The molecule has 1 aromatic carbocycles. The topological polar surface area (TPSA) is 41.0 Å². The molecule has 1 saturated heterocycles. The summed E-state index contributed by atoms with van der Waals surface area (Å²) >= 11 is 5.73. The molecular formula is C18H22ClFN4. The molecule has 3 rings (SSSR count). The second-order valence-electron chi connectivity index (χ2n) is 6.44. The molecule has 0 atom stereocenters. The number of piperidine rings is 1. The van der Waals surface area contributed by atoms with Crippen LogP contribution in [0.1, 0.15) is 24.0 Å². The van der Waals surface area contributed by atoms with E-state index in [0.29, 0.717) is 17.6 Å². The van der Waals surface area contributed by atoms with Crippen LogP contribution in [-0.4, -0.2) is 34.7 Å². The van der Waals surface area contributed by atoms with Gasteiger partial charge in [0.1, 0.15) is 11.6 Å². The van der Waals surface area contributed by atoms with Crippen molar-refractivity contribution in [1.29, 1.82) is 0 Å². The number of anilines is 1. The van der Waals surface area contributed by atoms with Crippen molar-refractivity contribution < 1.29 is 4.39 Å². The number of benzene rings is 1. The van der Waals surface area contributed by atoms with Crippen LogP contribution in [0, 0.1) is 18.7 Å². The lowest BCUT2D eigenvalue weighted by atomic mass is 9.96. The van der Waals surface area contributed by atoms with Gasteiger partial charge in [-0.1, -0.05) is 29.3 Å². The lowest BCUT2D eigenvalue weighted by Crippen LogP contribution is -2.35. The SMILES string of the molecule is Cc1ccc(F)c(CN2CCC(CNc3ccc(Cl)nn3)CC2)c1. The van der Waals surface area contributed by atoms with E-state index >= 15 is 0 Å². The fraction of sp³-hybridized carbons (Fsp3) is 0.444. The van der Waals surface area contributed by atoms with Gasteiger partial charge in [-0.05, 0) is 57.0 Å². The summed E-state index contributed by atoms with van der Waals surface area (Å²) in [5.74, 6) is 1.25. The molecule has 2 heterocycles. The van der Waals surface area contributed by atoms with E-state index in [4.69, 9.17) is 11.6 Å². The summed E-state index contributed by atoms with van der Waals surface area (Å²) in [6, 6.07) is 8.90. The monoisotopic (exact) mass is 348 g/mol. The van der Waals surface area contributed by atoms with Gasteiger partial charge in [-0.3, -0.25) is 4.90 Å². The van der Waals surface area contributed by atoms with Gasteiger partial charge in [0, 0.05) is 18.7 Å². The van der Waals surface area contributed by atoms with E-state index in [1.54, 1.807) is 12.1 Å². The van der Waals surface area contributed by atoms with Crippen molar-refractivity contribution >= 4 is 17.4 Å². The van der Waals surface area contributed by atoms with Crippen molar-refractivity contribution in [2.45, 2.75) is 26.3 Å². The van der Waals surface area contributed by atoms with Gasteiger partial charge >= 0.3 is 0 Å². The summed E-state index contributed by atoms with van der Waals surface area (Å²) in [5.41, 5.74) is 1.90. The lowest BCUT2D eigenvalue weighted by Gasteiger charge is -2.32. The smallest absolute Gasteiger partial charge is 0.151 e. The Morgan fingerprint density at radius 3 is 2.71 bits per heavy atom. The number of rotatable bonds is 5. The van der Waals surface area contributed by atoms with Crippen molar-refractivity contribution in [2.75, 3.05) is 25.0 Å². The van der Waals surface area contributed by atoms with Crippen LogP contribution < -0.4 is 5.32 Å². The van der Waals surface area contributed by atoms with Gasteiger partial charge in [-0.2, -0.15) is 0 Å². The summed E-state index contributed by atoms with van der Waals surface area (Å²) < 4.78 is 13.9. The lowest BCUT2D eigenvalue weighted by molar-refractivity contribution is 0.180. The number of hydrogen-bond acceptors (Lipinski definition) is 4. The molecular weight excluding hydrogens is 327 g/mol. The first-order chi connectivity index (χ1) is 11.6. The van der Waals surface area contributed by atoms with E-state index in [1.807, 2.05) is 25.1 Å². The van der Waals surface area contributed by atoms with Gasteiger partial charge < -0.3 is 5.32 Å². The molecule has 0 aliphatic carbocycles. The Kier molecular flexibility index (Phi) is 5.63. The summed E-state index contributed by atoms with van der Waals surface area (Å²) in [4.78, 5) is 2.33. The molecule has 4 nitrogen and oxygen atoms in total. The quantitative estimate of drug-likeness (QED) is 0.889. The Bertz CT molecular complexity index is 669. The highest BCUT2D eigenvalue weighted by atomic mass is 35.5. The Labute approximate surface area is 147 Å². The molecule has 0 saturated carbocycles. The molecule has 1 aliphatic rings. The van der Waals surface area contributed by atoms with Crippen LogP contribution in [-0.2, 0) is 6.54 Å². The maximum atomic E-state index is 13.9. The van der Waals surface area contributed by atoms with E-state index in [2.05, 4.69) is 20.4 Å². The number of halogens is 2. The minimum Gasteiger partial charge on any atom is -0.368 e. The molecule has 6 heteroatoms. The van der Waals surface area contributed by atoms with Gasteiger partial charge in [-0.15, -0.1) is 10.2 Å². The zero-order valence-electron chi connectivity index (χ0n) is 13.8. The Morgan fingerprint density at radius 2 is 2.00 bits per heavy atom. The van der Waals surface area contributed by atoms with E-state index in [1.165, 1.54) is 0 Å². The maximum absolute atomic E-state index is 13.9. The van der Waals surface area contributed by atoms with Crippen LogP contribution in [0.3, 0.4) is 0 Å². The van der Waals surface area contributed by atoms with E-state index in [9.17, 15) is 4.39 Å². The van der Waals surface area contributed by atoms with Crippen LogP contribution in [0.15, 0.2) is 30.3 Å². The standard InChI is InChI=1S/C18H22ClFN4/c1-13-2-3-16(20)15(10-13)12-24-8-6-14(7-9-24)11-21-18-5-4-17(19)22-23-18/h2-5,10,14H,6-9,11-12H2,1H3,(H,21,23). The molecule has 1 fully saturated rings. The van der Waals surface area contributed by atoms with Gasteiger partial charge in [0.15, 0.2) is 5.15 Å². The van der Waals surface area contributed by atoms with Crippen LogP contribution >= 0.6 is 11.6 Å². The van der Waals surface area contributed by atoms with Crippen LogP contribution in [0.25, 0.3) is 0 Å². The van der Waals surface area contributed by atoms with Gasteiger partial charge in [0.2, 0.25) is 0 Å². The largest absolute Gasteiger partial charge is 0.368 e. The summed E-state index contributed by atoms with van der Waals surface area (Å²) in [5, 5.41) is 11.5. The minimum atomic E-state index is -0.106. The number of aromatic nitrogens is 2. The zero-order chi connectivity index (χ0) is 16.9. The number of nitrogens with one attached hydrogen (secondary N) is 1. The molecule has 0 spiro atoms. The van der Waals surface area contributed by atoms with Crippen LogP contribution in [0.5, 0.6) is 0 Å². The Hall–Kier alpha value is -1.72. The maximum Gasteiger partial charge on any atom is 0.151 e. The molecule has 0 unspecified atom stereocenters. The molecule has 128 valence electrons. The Morgan fingerprint density at radius 1 is 1.21 bits per heavy atom. The molecule has 24 heavy (non-hydrogen) atoms. The second kappa shape index (κ2) is 7.90. The zero-order valence-corrected chi connectivity index (χ0v) is 14.6. The second-order valence-corrected chi connectivity index (χ2v) is 6.82. The highest BCUT2D eigenvalue weighted by Crippen LogP contribution is 2.21. The predicted octanol–water partition coefficient (Wildman–Crippen LogP) is 3.90. The number of likely N-dealkylation sites (tertiary alicyclic amines) is 1. The van der Waals surface area contributed by atoms with Gasteiger partial charge in [-0.25, -0.2) is 4.39 Å². The first-order valence-corrected chi connectivity index (χ1v) is 8.68. The van der Waals surface area contributed by atoms with Gasteiger partial charge in [0.25, 0.3) is 0 Å². The molecule has 1 aromatic heterocycles. The molecule has 2 aromatic rings. The minimum absolute atomic E-state index is 0.106. The molecule has 1 N–H and O–H groups in total. The summed E-state index contributed by atoms with van der Waals surface area (Å²) in [7, 11) is 0. The fourth-order valence-corrected chi connectivity index (χ4v) is 3.17. The normalized spacial score (nSPS) is 16.3. The fourth-order valence-electron chi connectivity index (χ4n) is 3.07. The first-order valence-electron chi connectivity index (χ1n) is 8.30. The van der Waals surface area contributed by atoms with Crippen molar-refractivity contribution in [3.05, 3.63) is 52.4 Å².